The highest BCUT2D eigenvalue weighted by atomic mass is 16.5. The minimum Gasteiger partial charge on any atom is -0.478 e. The van der Waals surface area contributed by atoms with Gasteiger partial charge < -0.3 is 14.6 Å². The number of aryl methyl sites for hydroxylation is 1. The molecule has 0 aliphatic heterocycles. The number of carboxylic acids is 1. The lowest BCUT2D eigenvalue weighted by Crippen LogP contribution is -2.09. The minimum atomic E-state index is -0.992. The third-order valence-corrected chi connectivity index (χ3v) is 1.96. The Morgan fingerprint density at radius 2 is 2.33 bits per heavy atom. The molecule has 0 aliphatic rings. The van der Waals surface area contributed by atoms with Gasteiger partial charge in [0.25, 0.3) is 0 Å². The van der Waals surface area contributed by atoms with Crippen molar-refractivity contribution in [1.82, 2.24) is 9.78 Å². The van der Waals surface area contributed by atoms with Crippen molar-refractivity contribution in [2.24, 2.45) is 7.05 Å². The maximum Gasteiger partial charge on any atom is 0.339 e. The van der Waals surface area contributed by atoms with Crippen molar-refractivity contribution in [3.8, 4) is 0 Å². The number of carbonyl (C=O) groups is 1. The third-order valence-electron chi connectivity index (χ3n) is 1.96. The maximum atomic E-state index is 10.8. The fraction of sp³-hybridized carbons (Fsp3) is 0.556. The summed E-state index contributed by atoms with van der Waals surface area (Å²) < 4.78 is 11.5. The number of ether oxygens (including phenoxy) is 2. The van der Waals surface area contributed by atoms with Gasteiger partial charge in [0.05, 0.1) is 31.7 Å². The Hall–Kier alpha value is -1.40. The van der Waals surface area contributed by atoms with Crippen LogP contribution < -0.4 is 0 Å². The molecule has 0 spiro atoms. The molecule has 1 heterocycles. The molecule has 6 nitrogen and oxygen atoms in total. The highest BCUT2D eigenvalue weighted by Gasteiger charge is 2.14. The standard InChI is InChI=1S/C9H14N2O4/c1-11-8(6-15-4-3-14-2)7(5-10-11)9(12)13/h5H,3-4,6H2,1-2H3,(H,12,13). The second kappa shape index (κ2) is 5.47. The summed E-state index contributed by atoms with van der Waals surface area (Å²) >= 11 is 0. The van der Waals surface area contributed by atoms with E-state index >= 15 is 0 Å². The lowest BCUT2D eigenvalue weighted by Gasteiger charge is -2.05. The van der Waals surface area contributed by atoms with Crippen LogP contribution in [0, 0.1) is 0 Å². The predicted molar refractivity (Wildman–Crippen MR) is 51.7 cm³/mol. The molecule has 0 unspecified atom stereocenters. The Morgan fingerprint density at radius 1 is 1.60 bits per heavy atom. The van der Waals surface area contributed by atoms with Gasteiger partial charge in [-0.1, -0.05) is 0 Å². The van der Waals surface area contributed by atoms with Crippen LogP contribution >= 0.6 is 0 Å². The van der Waals surface area contributed by atoms with Gasteiger partial charge in [0, 0.05) is 14.2 Å². The molecular weight excluding hydrogens is 200 g/mol. The Balaban J connectivity index is 2.58. The summed E-state index contributed by atoms with van der Waals surface area (Å²) in [6.45, 7) is 1.14. The van der Waals surface area contributed by atoms with E-state index in [9.17, 15) is 4.79 Å². The van der Waals surface area contributed by atoms with Crippen molar-refractivity contribution in [3.05, 3.63) is 17.5 Å². The average Bonchev–Trinajstić information content (AvgIpc) is 2.55. The molecule has 0 radical (unpaired) electrons. The monoisotopic (exact) mass is 214 g/mol. The van der Waals surface area contributed by atoms with Gasteiger partial charge in [-0.2, -0.15) is 5.10 Å². The van der Waals surface area contributed by atoms with E-state index < -0.39 is 5.97 Å². The third kappa shape index (κ3) is 3.03. The molecule has 1 aromatic heterocycles. The molecule has 0 saturated carbocycles. The van der Waals surface area contributed by atoms with Crippen LogP contribution in [0.15, 0.2) is 6.20 Å². The number of hydrogen-bond donors (Lipinski definition) is 1. The minimum absolute atomic E-state index is 0.176. The van der Waals surface area contributed by atoms with Gasteiger partial charge in [-0.3, -0.25) is 4.68 Å². The summed E-state index contributed by atoms with van der Waals surface area (Å²) in [5.74, 6) is -0.992. The summed E-state index contributed by atoms with van der Waals surface area (Å²) in [5, 5.41) is 12.7. The van der Waals surface area contributed by atoms with Gasteiger partial charge in [0.1, 0.15) is 5.56 Å². The molecule has 0 amide bonds. The highest BCUT2D eigenvalue weighted by Crippen LogP contribution is 2.08. The number of nitrogens with zero attached hydrogens (tertiary/aromatic N) is 2. The van der Waals surface area contributed by atoms with Crippen molar-refractivity contribution in [2.75, 3.05) is 20.3 Å². The molecular formula is C9H14N2O4. The molecule has 15 heavy (non-hydrogen) atoms. The van der Waals surface area contributed by atoms with Gasteiger partial charge in [-0.05, 0) is 0 Å². The smallest absolute Gasteiger partial charge is 0.339 e. The van der Waals surface area contributed by atoms with Gasteiger partial charge in [0.15, 0.2) is 0 Å². The van der Waals surface area contributed by atoms with E-state index in [0.717, 1.165) is 0 Å². The molecule has 6 heteroatoms. The number of carboxylic acid groups (broad SMARTS) is 1. The summed E-state index contributed by atoms with van der Waals surface area (Å²) in [6.07, 6.45) is 1.32. The van der Waals surface area contributed by atoms with Gasteiger partial charge in [0.2, 0.25) is 0 Å². The molecule has 0 aliphatic carbocycles. The van der Waals surface area contributed by atoms with Crippen LogP contribution in [-0.2, 0) is 23.1 Å². The van der Waals surface area contributed by atoms with E-state index in [1.807, 2.05) is 0 Å². The molecule has 0 saturated heterocycles. The first kappa shape index (κ1) is 11.7. The van der Waals surface area contributed by atoms with E-state index in [4.69, 9.17) is 14.6 Å². The zero-order chi connectivity index (χ0) is 11.3. The van der Waals surface area contributed by atoms with Crippen LogP contribution in [0.2, 0.25) is 0 Å². The molecule has 0 aromatic carbocycles. The van der Waals surface area contributed by atoms with Crippen LogP contribution in [-0.4, -0.2) is 41.2 Å². The number of aromatic carboxylic acids is 1. The Bertz CT molecular complexity index is 335. The second-order valence-corrected chi connectivity index (χ2v) is 2.98. The van der Waals surface area contributed by atoms with Crippen LogP contribution in [0.3, 0.4) is 0 Å². The first-order chi connectivity index (χ1) is 7.16. The predicted octanol–water partition coefficient (Wildman–Crippen LogP) is 0.281. The molecule has 0 fully saturated rings. The summed E-state index contributed by atoms with van der Waals surface area (Å²) in [4.78, 5) is 10.8. The van der Waals surface area contributed by atoms with E-state index in [0.29, 0.717) is 18.9 Å². The molecule has 84 valence electrons. The summed E-state index contributed by atoms with van der Waals surface area (Å²) in [7, 11) is 3.26. The van der Waals surface area contributed by atoms with Crippen LogP contribution in [0.5, 0.6) is 0 Å². The summed E-state index contributed by atoms with van der Waals surface area (Å²) in [5.41, 5.74) is 0.730. The average molecular weight is 214 g/mol. The van der Waals surface area contributed by atoms with Crippen molar-refractivity contribution >= 4 is 5.97 Å². The van der Waals surface area contributed by atoms with Crippen LogP contribution in [0.25, 0.3) is 0 Å². The Morgan fingerprint density at radius 3 is 2.93 bits per heavy atom. The molecule has 1 N–H and O–H groups in total. The van der Waals surface area contributed by atoms with E-state index in [-0.39, 0.29) is 12.2 Å². The fourth-order valence-corrected chi connectivity index (χ4v) is 1.12. The first-order valence-electron chi connectivity index (χ1n) is 4.47. The zero-order valence-electron chi connectivity index (χ0n) is 8.77. The molecule has 1 aromatic rings. The second-order valence-electron chi connectivity index (χ2n) is 2.98. The topological polar surface area (TPSA) is 73.6 Å². The van der Waals surface area contributed by atoms with Crippen molar-refractivity contribution in [2.45, 2.75) is 6.61 Å². The fourth-order valence-electron chi connectivity index (χ4n) is 1.12. The Kier molecular flexibility index (Phi) is 4.26. The normalized spacial score (nSPS) is 10.5. The van der Waals surface area contributed by atoms with Crippen LogP contribution in [0.4, 0.5) is 0 Å². The number of hydrogen-bond acceptors (Lipinski definition) is 4. The lowest BCUT2D eigenvalue weighted by molar-refractivity contribution is 0.0565. The highest BCUT2D eigenvalue weighted by molar-refractivity contribution is 5.88. The number of aromatic nitrogens is 2. The lowest BCUT2D eigenvalue weighted by atomic mass is 10.2. The van der Waals surface area contributed by atoms with E-state index in [1.165, 1.54) is 10.9 Å². The van der Waals surface area contributed by atoms with Crippen molar-refractivity contribution < 1.29 is 19.4 Å². The van der Waals surface area contributed by atoms with Crippen LogP contribution in [0.1, 0.15) is 16.1 Å². The molecule has 1 rings (SSSR count). The van der Waals surface area contributed by atoms with E-state index in [1.54, 1.807) is 14.2 Å². The summed E-state index contributed by atoms with van der Waals surface area (Å²) in [6, 6.07) is 0. The van der Waals surface area contributed by atoms with Crippen molar-refractivity contribution in [3.63, 3.8) is 0 Å². The largest absolute Gasteiger partial charge is 0.478 e. The molecule has 0 atom stereocenters. The SMILES string of the molecule is COCCOCc1c(C(=O)O)cnn1C. The number of methoxy groups -OCH3 is 1. The quantitative estimate of drug-likeness (QED) is 0.688. The van der Waals surface area contributed by atoms with Crippen molar-refractivity contribution in [1.29, 1.82) is 0 Å². The van der Waals surface area contributed by atoms with E-state index in [2.05, 4.69) is 5.10 Å². The van der Waals surface area contributed by atoms with Gasteiger partial charge >= 0.3 is 5.97 Å². The molecule has 0 bridgehead atoms. The maximum absolute atomic E-state index is 10.8. The van der Waals surface area contributed by atoms with Gasteiger partial charge in [-0.15, -0.1) is 0 Å². The number of rotatable bonds is 6. The van der Waals surface area contributed by atoms with Gasteiger partial charge in [-0.25, -0.2) is 4.79 Å². The first-order valence-corrected chi connectivity index (χ1v) is 4.47. The Labute approximate surface area is 87.4 Å². The zero-order valence-corrected chi connectivity index (χ0v) is 8.77.